The summed E-state index contributed by atoms with van der Waals surface area (Å²) < 4.78 is 5.24. The summed E-state index contributed by atoms with van der Waals surface area (Å²) in [6, 6.07) is 0. The molecule has 0 aromatic heterocycles. The van der Waals surface area contributed by atoms with Gasteiger partial charge in [-0.15, -0.1) is 0 Å². The maximum absolute atomic E-state index is 5.24. The second-order valence-electron chi connectivity index (χ2n) is 2.29. The van der Waals surface area contributed by atoms with Crippen molar-refractivity contribution in [2.45, 2.75) is 26.7 Å². The molecule has 55 valence electrons. The van der Waals surface area contributed by atoms with Gasteiger partial charge in [-0.3, -0.25) is 5.32 Å². The van der Waals surface area contributed by atoms with E-state index in [0.717, 1.165) is 24.3 Å². The molecular weight excluding hydrogens is 126 g/mol. The average Bonchev–Trinajstić information content (AvgIpc) is 1.94. The smallest absolute Gasteiger partial charge is 0.124 e. The highest BCUT2D eigenvalue weighted by atomic mass is 16.5. The lowest BCUT2D eigenvalue weighted by atomic mass is 10.2. The lowest BCUT2D eigenvalue weighted by Crippen LogP contribution is -2.04. The normalized spacial score (nSPS) is 16.6. The van der Waals surface area contributed by atoms with Crippen LogP contribution in [0.15, 0.2) is 23.9 Å². The number of hydrogen-bond acceptors (Lipinski definition) is 1. The maximum Gasteiger partial charge on any atom is 0.124 e. The van der Waals surface area contributed by atoms with Crippen molar-refractivity contribution < 1.29 is 4.74 Å². The molecule has 1 aliphatic heterocycles. The Labute approximate surface area is 61.6 Å². The van der Waals surface area contributed by atoms with Crippen LogP contribution in [0, 0.1) is 0 Å². The molecule has 0 saturated heterocycles. The summed E-state index contributed by atoms with van der Waals surface area (Å²) in [6.45, 7) is 4.09. The van der Waals surface area contributed by atoms with Gasteiger partial charge in [-0.2, -0.15) is 0 Å². The first-order valence-corrected chi connectivity index (χ1v) is 3.57. The highest BCUT2D eigenvalue weighted by molar-refractivity contribution is 5.10. The number of ether oxygens (including phenoxy) is 1. The second kappa shape index (κ2) is 3.30. The van der Waals surface area contributed by atoms with Crippen LogP contribution in [0.3, 0.4) is 0 Å². The molecular formula is C8H12NO. The van der Waals surface area contributed by atoms with Gasteiger partial charge in [0, 0.05) is 6.42 Å². The predicted octanol–water partition coefficient (Wildman–Crippen LogP) is 2.12. The van der Waals surface area contributed by atoms with E-state index in [-0.39, 0.29) is 0 Å². The van der Waals surface area contributed by atoms with E-state index in [2.05, 4.69) is 12.2 Å². The van der Waals surface area contributed by atoms with Crippen molar-refractivity contribution in [2.75, 3.05) is 0 Å². The highest BCUT2D eigenvalue weighted by Crippen LogP contribution is 2.14. The van der Waals surface area contributed by atoms with E-state index in [1.165, 1.54) is 0 Å². The molecule has 1 aliphatic rings. The summed E-state index contributed by atoms with van der Waals surface area (Å²) in [7, 11) is 0. The first-order chi connectivity index (χ1) is 4.84. The van der Waals surface area contributed by atoms with Crippen molar-refractivity contribution in [3.63, 3.8) is 0 Å². The fourth-order valence-corrected chi connectivity index (χ4v) is 0.879. The third-order valence-corrected chi connectivity index (χ3v) is 1.42. The molecule has 1 heterocycles. The molecule has 1 rings (SSSR count). The molecule has 2 nitrogen and oxygen atoms in total. The summed E-state index contributed by atoms with van der Waals surface area (Å²) >= 11 is 0. The van der Waals surface area contributed by atoms with E-state index in [1.54, 1.807) is 12.5 Å². The molecule has 0 fully saturated rings. The van der Waals surface area contributed by atoms with E-state index < -0.39 is 0 Å². The fraction of sp³-hybridized carbons (Fsp3) is 0.500. The minimum Gasteiger partial charge on any atom is -0.466 e. The van der Waals surface area contributed by atoms with Crippen molar-refractivity contribution in [2.24, 2.45) is 0 Å². The van der Waals surface area contributed by atoms with E-state index in [0.29, 0.717) is 0 Å². The average molecular weight is 138 g/mol. The van der Waals surface area contributed by atoms with Crippen molar-refractivity contribution >= 4 is 0 Å². The lowest BCUT2D eigenvalue weighted by molar-refractivity contribution is 0.312. The number of nitrogens with zero attached hydrogens (tertiary/aromatic N) is 1. The van der Waals surface area contributed by atoms with Gasteiger partial charge in [-0.1, -0.05) is 6.92 Å². The van der Waals surface area contributed by atoms with E-state index >= 15 is 0 Å². The quantitative estimate of drug-likeness (QED) is 0.573. The third-order valence-electron chi connectivity index (χ3n) is 1.42. The van der Waals surface area contributed by atoms with Crippen LogP contribution in [0.25, 0.3) is 0 Å². The Hall–Kier alpha value is -0.920. The van der Waals surface area contributed by atoms with Crippen LogP contribution in [0.4, 0.5) is 0 Å². The first-order valence-electron chi connectivity index (χ1n) is 3.57. The molecule has 0 bridgehead atoms. The van der Waals surface area contributed by atoms with Gasteiger partial charge in [0.15, 0.2) is 0 Å². The zero-order valence-electron chi connectivity index (χ0n) is 6.42. The maximum atomic E-state index is 5.24. The fourth-order valence-electron chi connectivity index (χ4n) is 0.879. The van der Waals surface area contributed by atoms with Gasteiger partial charge in [0.1, 0.15) is 12.0 Å². The zero-order valence-corrected chi connectivity index (χ0v) is 6.42. The number of allylic oxidation sites excluding steroid dienone is 2. The van der Waals surface area contributed by atoms with E-state index in [9.17, 15) is 0 Å². The topological polar surface area (TPSA) is 23.3 Å². The Bertz CT molecular complexity index is 170. The van der Waals surface area contributed by atoms with Gasteiger partial charge in [0.05, 0.1) is 11.9 Å². The predicted molar refractivity (Wildman–Crippen MR) is 40.0 cm³/mol. The lowest BCUT2D eigenvalue weighted by Gasteiger charge is -2.12. The van der Waals surface area contributed by atoms with E-state index in [4.69, 9.17) is 4.74 Å². The molecule has 0 aromatic rings. The molecule has 0 saturated carbocycles. The largest absolute Gasteiger partial charge is 0.466 e. The van der Waals surface area contributed by atoms with Crippen LogP contribution in [-0.4, -0.2) is 0 Å². The van der Waals surface area contributed by atoms with Crippen LogP contribution in [0.1, 0.15) is 26.7 Å². The van der Waals surface area contributed by atoms with Gasteiger partial charge in [-0.05, 0) is 13.3 Å². The highest BCUT2D eigenvalue weighted by Gasteiger charge is 2.04. The molecule has 1 radical (unpaired) electrons. The monoisotopic (exact) mass is 138 g/mol. The van der Waals surface area contributed by atoms with Crippen molar-refractivity contribution in [1.29, 1.82) is 0 Å². The third kappa shape index (κ3) is 1.53. The second-order valence-corrected chi connectivity index (χ2v) is 2.29. The molecule has 2 heteroatoms. The van der Waals surface area contributed by atoms with Crippen LogP contribution in [-0.2, 0) is 4.74 Å². The standard InChI is InChI=1S/C8H12NO/c1-3-4-8-7(2)9-5-6-10-8/h5-6H,3-4H2,1-2H3. The molecule has 0 aromatic carbocycles. The molecule has 0 N–H and O–H groups in total. The molecule has 0 atom stereocenters. The van der Waals surface area contributed by atoms with Gasteiger partial charge in [-0.25, -0.2) is 0 Å². The first kappa shape index (κ1) is 7.19. The summed E-state index contributed by atoms with van der Waals surface area (Å²) in [5.41, 5.74) is 1.00. The molecule has 0 unspecified atom stereocenters. The van der Waals surface area contributed by atoms with E-state index in [1.807, 2.05) is 6.92 Å². The van der Waals surface area contributed by atoms with Crippen molar-refractivity contribution in [1.82, 2.24) is 5.32 Å². The van der Waals surface area contributed by atoms with Gasteiger partial charge in [0.2, 0.25) is 0 Å². The Morgan fingerprint density at radius 2 is 2.40 bits per heavy atom. The summed E-state index contributed by atoms with van der Waals surface area (Å²) in [5.74, 6) is 1.00. The summed E-state index contributed by atoms with van der Waals surface area (Å²) in [5, 5.41) is 4.10. The Balaban J connectivity index is 2.53. The van der Waals surface area contributed by atoms with Gasteiger partial charge < -0.3 is 4.74 Å². The van der Waals surface area contributed by atoms with Crippen LogP contribution in [0.2, 0.25) is 0 Å². The van der Waals surface area contributed by atoms with Gasteiger partial charge >= 0.3 is 0 Å². The Kier molecular flexibility index (Phi) is 2.37. The molecule has 10 heavy (non-hydrogen) atoms. The minimum absolute atomic E-state index is 0.986. The van der Waals surface area contributed by atoms with Crippen molar-refractivity contribution in [3.05, 3.63) is 23.9 Å². The minimum atomic E-state index is 0.986. The van der Waals surface area contributed by atoms with Crippen LogP contribution < -0.4 is 5.32 Å². The Morgan fingerprint density at radius 3 is 3.00 bits per heavy atom. The van der Waals surface area contributed by atoms with Crippen LogP contribution in [0.5, 0.6) is 0 Å². The SMILES string of the molecule is CCCC1=C(C)[N]C=CO1. The molecule has 0 amide bonds. The molecule has 0 spiro atoms. The number of rotatable bonds is 2. The van der Waals surface area contributed by atoms with Crippen molar-refractivity contribution in [3.8, 4) is 0 Å². The molecule has 0 aliphatic carbocycles. The zero-order chi connectivity index (χ0) is 7.40. The summed E-state index contributed by atoms with van der Waals surface area (Å²) in [4.78, 5) is 0. The van der Waals surface area contributed by atoms with Crippen LogP contribution >= 0.6 is 0 Å². The number of hydrogen-bond donors (Lipinski definition) is 0. The van der Waals surface area contributed by atoms with Gasteiger partial charge in [0.25, 0.3) is 0 Å². The summed E-state index contributed by atoms with van der Waals surface area (Å²) in [6.07, 6.45) is 5.39. The Morgan fingerprint density at radius 1 is 1.60 bits per heavy atom.